The van der Waals surface area contributed by atoms with Gasteiger partial charge in [-0.2, -0.15) is 0 Å². The number of imidazole rings is 1. The number of rotatable bonds is 7. The second-order valence-electron chi connectivity index (χ2n) is 6.34. The van der Waals surface area contributed by atoms with Crippen LogP contribution in [0.1, 0.15) is 18.2 Å². The van der Waals surface area contributed by atoms with E-state index in [0.29, 0.717) is 18.9 Å². The van der Waals surface area contributed by atoms with Crippen molar-refractivity contribution in [3.05, 3.63) is 78.4 Å². The zero-order chi connectivity index (χ0) is 19.3. The summed E-state index contributed by atoms with van der Waals surface area (Å²) in [5, 5.41) is 13.8. The van der Waals surface area contributed by atoms with E-state index in [9.17, 15) is 5.11 Å². The Labute approximate surface area is 163 Å². The highest BCUT2D eigenvalue weighted by Gasteiger charge is 2.17. The third-order valence-electron chi connectivity index (χ3n) is 4.51. The molecular formula is C22H21N3O3. The maximum absolute atomic E-state index is 9.81. The van der Waals surface area contributed by atoms with E-state index in [1.807, 2.05) is 66.1 Å². The highest BCUT2D eigenvalue weighted by molar-refractivity contribution is 5.79. The largest absolute Gasteiger partial charge is 0.494 e. The molecule has 2 heterocycles. The van der Waals surface area contributed by atoms with Gasteiger partial charge in [0.05, 0.1) is 37.5 Å². The monoisotopic (exact) mass is 375 g/mol. The lowest BCUT2D eigenvalue weighted by Crippen LogP contribution is -2.02. The molecular weight excluding hydrogens is 354 g/mol. The van der Waals surface area contributed by atoms with E-state index in [1.54, 1.807) is 12.6 Å². The van der Waals surface area contributed by atoms with Crippen molar-refractivity contribution in [1.29, 1.82) is 0 Å². The standard InChI is InChI=1S/C22H21N3O3/c1-2-27-20-9-8-17(12-18(20)14-26)22-21(16-6-4-3-5-7-16)23-15-25(22)13-19-10-11-28-24-19/h3-12,15,26H,2,13-14H2,1H3. The first kappa shape index (κ1) is 18.0. The Balaban J connectivity index is 1.84. The lowest BCUT2D eigenvalue weighted by atomic mass is 10.0. The lowest BCUT2D eigenvalue weighted by Gasteiger charge is -2.13. The van der Waals surface area contributed by atoms with Gasteiger partial charge in [0.15, 0.2) is 0 Å². The summed E-state index contributed by atoms with van der Waals surface area (Å²) in [5.74, 6) is 0.692. The van der Waals surface area contributed by atoms with Crippen LogP contribution in [0.3, 0.4) is 0 Å². The highest BCUT2D eigenvalue weighted by atomic mass is 16.5. The van der Waals surface area contributed by atoms with E-state index >= 15 is 0 Å². The SMILES string of the molecule is CCOc1ccc(-c2c(-c3ccccc3)ncn2Cc2ccon2)cc1CO. The maximum Gasteiger partial charge on any atom is 0.124 e. The third-order valence-corrected chi connectivity index (χ3v) is 4.51. The zero-order valence-corrected chi connectivity index (χ0v) is 15.6. The number of aliphatic hydroxyl groups is 1. The second kappa shape index (κ2) is 8.10. The van der Waals surface area contributed by atoms with Crippen LogP contribution >= 0.6 is 0 Å². The minimum absolute atomic E-state index is 0.0960. The molecule has 28 heavy (non-hydrogen) atoms. The fourth-order valence-corrected chi connectivity index (χ4v) is 3.25. The van der Waals surface area contributed by atoms with Gasteiger partial charge in [-0.25, -0.2) is 4.98 Å². The molecule has 2 aromatic heterocycles. The van der Waals surface area contributed by atoms with Crippen molar-refractivity contribution in [3.63, 3.8) is 0 Å². The molecule has 0 fully saturated rings. The van der Waals surface area contributed by atoms with E-state index in [-0.39, 0.29) is 6.61 Å². The number of aromatic nitrogens is 3. The minimum atomic E-state index is -0.0960. The lowest BCUT2D eigenvalue weighted by molar-refractivity contribution is 0.267. The van der Waals surface area contributed by atoms with Crippen molar-refractivity contribution in [1.82, 2.24) is 14.7 Å². The van der Waals surface area contributed by atoms with Gasteiger partial charge < -0.3 is 18.9 Å². The quantitative estimate of drug-likeness (QED) is 0.525. The summed E-state index contributed by atoms with van der Waals surface area (Å²) in [6.45, 7) is 2.91. The Morgan fingerprint density at radius 3 is 2.64 bits per heavy atom. The van der Waals surface area contributed by atoms with Gasteiger partial charge >= 0.3 is 0 Å². The minimum Gasteiger partial charge on any atom is -0.494 e. The number of benzene rings is 2. The molecule has 0 saturated carbocycles. The summed E-state index contributed by atoms with van der Waals surface area (Å²) in [6, 6.07) is 17.7. The Morgan fingerprint density at radius 1 is 1.07 bits per heavy atom. The van der Waals surface area contributed by atoms with Gasteiger partial charge in [-0.3, -0.25) is 0 Å². The average molecular weight is 375 g/mol. The van der Waals surface area contributed by atoms with Crippen LogP contribution < -0.4 is 4.74 Å². The summed E-state index contributed by atoms with van der Waals surface area (Å²) in [7, 11) is 0. The van der Waals surface area contributed by atoms with E-state index < -0.39 is 0 Å². The molecule has 0 spiro atoms. The summed E-state index contributed by atoms with van der Waals surface area (Å²) < 4.78 is 12.6. The van der Waals surface area contributed by atoms with Gasteiger partial charge in [-0.15, -0.1) is 0 Å². The fourth-order valence-electron chi connectivity index (χ4n) is 3.25. The molecule has 142 valence electrons. The Hall–Kier alpha value is -3.38. The molecule has 0 radical (unpaired) electrons. The molecule has 4 aromatic rings. The van der Waals surface area contributed by atoms with Crippen molar-refractivity contribution in [2.75, 3.05) is 6.61 Å². The molecule has 6 heteroatoms. The van der Waals surface area contributed by atoms with E-state index in [4.69, 9.17) is 9.26 Å². The van der Waals surface area contributed by atoms with Crippen LogP contribution in [0.25, 0.3) is 22.5 Å². The topological polar surface area (TPSA) is 73.3 Å². The van der Waals surface area contributed by atoms with Crippen molar-refractivity contribution in [2.24, 2.45) is 0 Å². The van der Waals surface area contributed by atoms with Crippen LogP contribution in [-0.2, 0) is 13.2 Å². The van der Waals surface area contributed by atoms with Gasteiger partial charge in [0.25, 0.3) is 0 Å². The van der Waals surface area contributed by atoms with Gasteiger partial charge in [-0.05, 0) is 25.1 Å². The van der Waals surface area contributed by atoms with Crippen LogP contribution in [0, 0.1) is 0 Å². The maximum atomic E-state index is 9.81. The molecule has 2 aromatic carbocycles. The molecule has 1 N–H and O–H groups in total. The molecule has 0 amide bonds. The van der Waals surface area contributed by atoms with E-state index in [2.05, 4.69) is 10.1 Å². The van der Waals surface area contributed by atoms with Crippen LogP contribution in [0.2, 0.25) is 0 Å². The number of aliphatic hydroxyl groups excluding tert-OH is 1. The van der Waals surface area contributed by atoms with Crippen LogP contribution in [0.15, 0.2) is 71.7 Å². The molecule has 0 atom stereocenters. The molecule has 0 bridgehead atoms. The first-order valence-corrected chi connectivity index (χ1v) is 9.17. The first-order valence-electron chi connectivity index (χ1n) is 9.17. The molecule has 0 aliphatic rings. The summed E-state index contributed by atoms with van der Waals surface area (Å²) >= 11 is 0. The highest BCUT2D eigenvalue weighted by Crippen LogP contribution is 2.34. The Morgan fingerprint density at radius 2 is 1.93 bits per heavy atom. The molecule has 0 saturated heterocycles. The van der Waals surface area contributed by atoms with Crippen molar-refractivity contribution < 1.29 is 14.4 Å². The number of nitrogens with zero attached hydrogens (tertiary/aromatic N) is 3. The average Bonchev–Trinajstić information content (AvgIpc) is 3.40. The number of ether oxygens (including phenoxy) is 1. The molecule has 0 unspecified atom stereocenters. The summed E-state index contributed by atoms with van der Waals surface area (Å²) in [4.78, 5) is 4.67. The van der Waals surface area contributed by atoms with Crippen LogP contribution in [0.5, 0.6) is 5.75 Å². The summed E-state index contributed by atoms with van der Waals surface area (Å²) in [5.41, 5.74) is 5.35. The Kier molecular flexibility index (Phi) is 5.21. The van der Waals surface area contributed by atoms with Crippen molar-refractivity contribution >= 4 is 0 Å². The number of hydrogen-bond acceptors (Lipinski definition) is 5. The summed E-state index contributed by atoms with van der Waals surface area (Å²) in [6.07, 6.45) is 3.37. The van der Waals surface area contributed by atoms with E-state index in [1.165, 1.54) is 0 Å². The van der Waals surface area contributed by atoms with Gasteiger partial charge in [0, 0.05) is 22.8 Å². The molecule has 4 rings (SSSR count). The van der Waals surface area contributed by atoms with Crippen molar-refractivity contribution in [3.8, 4) is 28.3 Å². The zero-order valence-electron chi connectivity index (χ0n) is 15.6. The van der Waals surface area contributed by atoms with Crippen LogP contribution in [0.4, 0.5) is 0 Å². The molecule has 6 nitrogen and oxygen atoms in total. The van der Waals surface area contributed by atoms with Gasteiger partial charge in [-0.1, -0.05) is 35.5 Å². The van der Waals surface area contributed by atoms with Crippen molar-refractivity contribution in [2.45, 2.75) is 20.1 Å². The fraction of sp³-hybridized carbons (Fsp3) is 0.182. The Bertz CT molecular complexity index is 1040. The smallest absolute Gasteiger partial charge is 0.124 e. The third kappa shape index (κ3) is 3.54. The normalized spacial score (nSPS) is 10.9. The molecule has 0 aliphatic heterocycles. The van der Waals surface area contributed by atoms with Gasteiger partial charge in [0.2, 0.25) is 0 Å². The second-order valence-corrected chi connectivity index (χ2v) is 6.34. The predicted octanol–water partition coefficient (Wildman–Crippen LogP) is 4.14. The van der Waals surface area contributed by atoms with Crippen LogP contribution in [-0.4, -0.2) is 26.4 Å². The van der Waals surface area contributed by atoms with Gasteiger partial charge in [0.1, 0.15) is 17.7 Å². The van der Waals surface area contributed by atoms with E-state index in [0.717, 1.165) is 33.8 Å². The predicted molar refractivity (Wildman–Crippen MR) is 106 cm³/mol. The molecule has 0 aliphatic carbocycles. The number of hydrogen-bond donors (Lipinski definition) is 1. The first-order chi connectivity index (χ1) is 13.8.